The summed E-state index contributed by atoms with van der Waals surface area (Å²) in [4.78, 5) is 12.3. The Kier molecular flexibility index (Phi) is 6.82. The third-order valence-electron chi connectivity index (χ3n) is 5.49. The lowest BCUT2D eigenvalue weighted by atomic mass is 10.1. The minimum absolute atomic E-state index is 0.0212. The summed E-state index contributed by atoms with van der Waals surface area (Å²) in [6.45, 7) is 0.704. The molecule has 4 rings (SSSR count). The Labute approximate surface area is 197 Å². The summed E-state index contributed by atoms with van der Waals surface area (Å²) in [5.41, 5.74) is -0.363. The average molecular weight is 486 g/mol. The predicted octanol–water partition coefficient (Wildman–Crippen LogP) is 4.85. The fourth-order valence-electron chi connectivity index (χ4n) is 3.73. The molecule has 0 aliphatic carbocycles. The summed E-state index contributed by atoms with van der Waals surface area (Å²) in [5, 5.41) is 18.1. The number of hydrogen-bond acceptors (Lipinski definition) is 6. The molecule has 7 nitrogen and oxygen atoms in total. The number of nitriles is 1. The molecular weight excluding hydrogens is 468 g/mol. The summed E-state index contributed by atoms with van der Waals surface area (Å²) >= 11 is 0. The van der Waals surface area contributed by atoms with Crippen LogP contribution < -0.4 is 9.47 Å². The maximum Gasteiger partial charge on any atom is 0.346 e. The van der Waals surface area contributed by atoms with Crippen molar-refractivity contribution in [2.24, 2.45) is 0 Å². The second-order valence-corrected chi connectivity index (χ2v) is 7.72. The van der Waals surface area contributed by atoms with Crippen LogP contribution in [0.3, 0.4) is 0 Å². The van der Waals surface area contributed by atoms with Gasteiger partial charge in [0, 0.05) is 13.0 Å². The van der Waals surface area contributed by atoms with Crippen LogP contribution in [0.4, 0.5) is 17.6 Å². The lowest BCUT2D eigenvalue weighted by Crippen LogP contribution is -2.14. The first kappa shape index (κ1) is 23.9. The first-order valence-corrected chi connectivity index (χ1v) is 10.6. The number of ether oxygens (including phenoxy) is 2. The molecule has 0 atom stereocenters. The van der Waals surface area contributed by atoms with Gasteiger partial charge in [-0.15, -0.1) is 10.2 Å². The Balaban J connectivity index is 1.63. The Morgan fingerprint density at radius 2 is 1.86 bits per heavy atom. The van der Waals surface area contributed by atoms with Gasteiger partial charge in [0.05, 0.1) is 12.7 Å². The van der Waals surface area contributed by atoms with Crippen molar-refractivity contribution in [2.75, 3.05) is 7.11 Å². The summed E-state index contributed by atoms with van der Waals surface area (Å²) in [7, 11) is 1.28. The molecule has 2 heterocycles. The Morgan fingerprint density at radius 3 is 2.60 bits per heavy atom. The highest BCUT2D eigenvalue weighted by Crippen LogP contribution is 2.31. The number of rotatable bonds is 5. The highest BCUT2D eigenvalue weighted by atomic mass is 19.2. The first-order chi connectivity index (χ1) is 16.8. The average Bonchev–Trinajstić information content (AvgIpc) is 3.11. The maximum absolute atomic E-state index is 13.9. The molecule has 2 aromatic carbocycles. The van der Waals surface area contributed by atoms with Crippen LogP contribution in [0.5, 0.6) is 11.5 Å². The van der Waals surface area contributed by atoms with Crippen molar-refractivity contribution >= 4 is 17.6 Å². The zero-order chi connectivity index (χ0) is 25.1. The molecular formula is C24H18F4N4O3. The van der Waals surface area contributed by atoms with E-state index in [1.807, 2.05) is 4.57 Å². The SMILES string of the molecule is COc1cc(/C=C(\C#N)c2nnc3n2CCCCC3)ccc1OC(=O)c1cc(F)c(F)c(F)c1F. The van der Waals surface area contributed by atoms with E-state index in [0.717, 1.165) is 31.5 Å². The number of carbonyl (C=O) groups is 1. The monoisotopic (exact) mass is 486 g/mol. The van der Waals surface area contributed by atoms with E-state index in [9.17, 15) is 27.6 Å². The second-order valence-electron chi connectivity index (χ2n) is 7.72. The van der Waals surface area contributed by atoms with Crippen LogP contribution in [-0.2, 0) is 13.0 Å². The highest BCUT2D eigenvalue weighted by molar-refractivity contribution is 5.92. The van der Waals surface area contributed by atoms with E-state index < -0.39 is 34.8 Å². The second kappa shape index (κ2) is 9.97. The normalized spacial score (nSPS) is 13.5. The van der Waals surface area contributed by atoms with Crippen LogP contribution >= 0.6 is 0 Å². The van der Waals surface area contributed by atoms with Crippen LogP contribution in [-0.4, -0.2) is 27.8 Å². The van der Waals surface area contributed by atoms with Gasteiger partial charge in [0.25, 0.3) is 0 Å². The number of carbonyl (C=O) groups excluding carboxylic acids is 1. The molecule has 0 saturated heterocycles. The molecule has 0 radical (unpaired) electrons. The number of hydrogen-bond donors (Lipinski definition) is 0. The Hall–Kier alpha value is -4.20. The zero-order valence-electron chi connectivity index (χ0n) is 18.4. The van der Waals surface area contributed by atoms with E-state index >= 15 is 0 Å². The first-order valence-electron chi connectivity index (χ1n) is 10.6. The molecule has 35 heavy (non-hydrogen) atoms. The summed E-state index contributed by atoms with van der Waals surface area (Å²) in [6.07, 6.45) is 5.35. The molecule has 3 aromatic rings. The highest BCUT2D eigenvalue weighted by Gasteiger charge is 2.25. The quantitative estimate of drug-likeness (QED) is 0.128. The zero-order valence-corrected chi connectivity index (χ0v) is 18.4. The number of methoxy groups -OCH3 is 1. The van der Waals surface area contributed by atoms with Gasteiger partial charge < -0.3 is 14.0 Å². The summed E-state index contributed by atoms with van der Waals surface area (Å²) in [5.74, 6) is -8.13. The molecule has 1 aliphatic rings. The lowest BCUT2D eigenvalue weighted by molar-refractivity contribution is 0.0722. The molecule has 0 bridgehead atoms. The van der Waals surface area contributed by atoms with Gasteiger partial charge in [-0.1, -0.05) is 12.5 Å². The van der Waals surface area contributed by atoms with Crippen molar-refractivity contribution in [1.82, 2.24) is 14.8 Å². The van der Waals surface area contributed by atoms with Crippen molar-refractivity contribution in [3.05, 3.63) is 70.3 Å². The van der Waals surface area contributed by atoms with E-state index in [1.54, 1.807) is 6.08 Å². The van der Waals surface area contributed by atoms with Crippen LogP contribution in [0.25, 0.3) is 11.6 Å². The minimum atomic E-state index is -2.13. The van der Waals surface area contributed by atoms with Gasteiger partial charge in [0.2, 0.25) is 0 Å². The summed E-state index contributed by atoms with van der Waals surface area (Å²) < 4.78 is 66.2. The fourth-order valence-corrected chi connectivity index (χ4v) is 3.73. The van der Waals surface area contributed by atoms with Gasteiger partial charge in [-0.2, -0.15) is 5.26 Å². The molecule has 0 fully saturated rings. The molecule has 0 unspecified atom stereocenters. The van der Waals surface area contributed by atoms with Gasteiger partial charge in [-0.3, -0.25) is 0 Å². The smallest absolute Gasteiger partial charge is 0.346 e. The van der Waals surface area contributed by atoms with Gasteiger partial charge in [-0.05, 0) is 42.7 Å². The molecule has 1 aromatic heterocycles. The van der Waals surface area contributed by atoms with Gasteiger partial charge >= 0.3 is 5.97 Å². The van der Waals surface area contributed by atoms with Crippen molar-refractivity contribution in [1.29, 1.82) is 5.26 Å². The Morgan fingerprint density at radius 1 is 1.06 bits per heavy atom. The fraction of sp³-hybridized carbons (Fsp3) is 0.250. The number of allylic oxidation sites excluding steroid dienone is 1. The van der Waals surface area contributed by atoms with E-state index in [4.69, 9.17) is 9.47 Å². The van der Waals surface area contributed by atoms with Crippen LogP contribution in [0, 0.1) is 34.6 Å². The molecule has 0 saturated carbocycles. The van der Waals surface area contributed by atoms with E-state index in [2.05, 4.69) is 16.3 Å². The van der Waals surface area contributed by atoms with Crippen molar-refractivity contribution in [2.45, 2.75) is 32.2 Å². The molecule has 11 heteroatoms. The number of esters is 1. The predicted molar refractivity (Wildman–Crippen MR) is 115 cm³/mol. The number of aromatic nitrogens is 3. The topological polar surface area (TPSA) is 90.0 Å². The van der Waals surface area contributed by atoms with E-state index in [1.165, 1.54) is 25.3 Å². The number of aryl methyl sites for hydroxylation is 1. The molecule has 0 N–H and O–H groups in total. The van der Waals surface area contributed by atoms with Gasteiger partial charge in [-0.25, -0.2) is 22.4 Å². The molecule has 0 spiro atoms. The number of fused-ring (bicyclic) bond motifs is 1. The molecule has 0 amide bonds. The molecule has 180 valence electrons. The third kappa shape index (κ3) is 4.73. The van der Waals surface area contributed by atoms with Crippen LogP contribution in [0.15, 0.2) is 24.3 Å². The lowest BCUT2D eigenvalue weighted by Gasteiger charge is -2.11. The van der Waals surface area contributed by atoms with Gasteiger partial charge in [0.1, 0.15) is 17.5 Å². The largest absolute Gasteiger partial charge is 0.493 e. The van der Waals surface area contributed by atoms with Gasteiger partial charge in [0.15, 0.2) is 40.6 Å². The van der Waals surface area contributed by atoms with E-state index in [-0.39, 0.29) is 23.1 Å². The third-order valence-corrected chi connectivity index (χ3v) is 5.49. The van der Waals surface area contributed by atoms with Crippen molar-refractivity contribution in [3.8, 4) is 17.6 Å². The maximum atomic E-state index is 13.9. The molecule has 1 aliphatic heterocycles. The minimum Gasteiger partial charge on any atom is -0.493 e. The summed E-state index contributed by atoms with van der Waals surface area (Å²) in [6, 6.07) is 6.57. The van der Waals surface area contributed by atoms with Crippen LogP contribution in [0.2, 0.25) is 0 Å². The van der Waals surface area contributed by atoms with E-state index in [0.29, 0.717) is 17.9 Å². The van der Waals surface area contributed by atoms with Crippen molar-refractivity contribution < 1.29 is 31.8 Å². The standard InChI is InChI=1S/C24H18F4N4O3/c1-34-18-10-13(9-14(12-29)23-31-30-19-5-3-2-4-8-32(19)23)6-7-17(18)35-24(33)15-11-16(25)21(27)22(28)20(15)26/h6-7,9-11H,2-5,8H2,1H3/b14-9+. The van der Waals surface area contributed by atoms with Crippen LogP contribution in [0.1, 0.15) is 46.8 Å². The van der Waals surface area contributed by atoms with Crippen molar-refractivity contribution in [3.63, 3.8) is 0 Å². The Bertz CT molecular complexity index is 1380. The number of benzene rings is 2. The number of halogens is 4. The number of nitrogens with zero attached hydrogens (tertiary/aromatic N) is 4.